The first-order chi connectivity index (χ1) is 8.31. The first kappa shape index (κ1) is 10.6. The van der Waals surface area contributed by atoms with Crippen molar-refractivity contribution in [1.29, 1.82) is 0 Å². The molecule has 3 heteroatoms. The minimum Gasteiger partial charge on any atom is -0.497 e. The monoisotopic (exact) mass is 231 g/mol. The van der Waals surface area contributed by atoms with Crippen LogP contribution in [0.1, 0.15) is 24.0 Å². The van der Waals surface area contributed by atoms with Crippen LogP contribution in [0.3, 0.4) is 0 Å². The molecule has 0 saturated heterocycles. The van der Waals surface area contributed by atoms with Gasteiger partial charge in [-0.1, -0.05) is 11.2 Å². The van der Waals surface area contributed by atoms with Gasteiger partial charge in [-0.2, -0.15) is 0 Å². The van der Waals surface area contributed by atoms with Crippen LogP contribution >= 0.6 is 0 Å². The third kappa shape index (κ3) is 1.70. The molecule has 0 radical (unpaired) electrons. The zero-order valence-corrected chi connectivity index (χ0v) is 10.0. The van der Waals surface area contributed by atoms with Crippen molar-refractivity contribution in [1.82, 2.24) is 0 Å². The first-order valence-electron chi connectivity index (χ1n) is 6.19. The number of benzene rings is 1. The van der Waals surface area contributed by atoms with E-state index < -0.39 is 0 Å². The lowest BCUT2D eigenvalue weighted by molar-refractivity contribution is 0.313. The summed E-state index contributed by atoms with van der Waals surface area (Å²) in [5, 5.41) is 12.7. The van der Waals surface area contributed by atoms with Crippen LogP contribution in [0.5, 0.6) is 5.75 Å². The third-order valence-electron chi connectivity index (χ3n) is 4.16. The second-order valence-electron chi connectivity index (χ2n) is 5.04. The number of oxime groups is 1. The van der Waals surface area contributed by atoms with Crippen molar-refractivity contribution in [2.75, 3.05) is 7.11 Å². The van der Waals surface area contributed by atoms with Crippen molar-refractivity contribution < 1.29 is 9.94 Å². The van der Waals surface area contributed by atoms with Crippen LogP contribution in [0, 0.1) is 11.8 Å². The zero-order valence-electron chi connectivity index (χ0n) is 10.0. The van der Waals surface area contributed by atoms with E-state index in [0.29, 0.717) is 11.8 Å². The van der Waals surface area contributed by atoms with Gasteiger partial charge in [-0.25, -0.2) is 0 Å². The highest BCUT2D eigenvalue weighted by atomic mass is 16.5. The van der Waals surface area contributed by atoms with Gasteiger partial charge < -0.3 is 9.94 Å². The van der Waals surface area contributed by atoms with Gasteiger partial charge in [0.2, 0.25) is 0 Å². The zero-order chi connectivity index (χ0) is 11.8. The molecule has 2 aliphatic rings. The number of nitrogens with zero attached hydrogens (tertiary/aromatic N) is 1. The van der Waals surface area contributed by atoms with Crippen molar-refractivity contribution in [3.05, 3.63) is 29.3 Å². The topological polar surface area (TPSA) is 41.8 Å². The Labute approximate surface area is 101 Å². The van der Waals surface area contributed by atoms with Crippen molar-refractivity contribution in [2.24, 2.45) is 17.0 Å². The average Bonchev–Trinajstić information content (AvgIpc) is 2.64. The number of hydrogen-bond acceptors (Lipinski definition) is 3. The normalized spacial score (nSPS) is 28.9. The fourth-order valence-corrected chi connectivity index (χ4v) is 3.26. The summed E-state index contributed by atoms with van der Waals surface area (Å²) in [5.74, 6) is 1.79. The van der Waals surface area contributed by atoms with Gasteiger partial charge in [-0.05, 0) is 48.9 Å². The van der Waals surface area contributed by atoms with E-state index in [9.17, 15) is 0 Å². The average molecular weight is 231 g/mol. The van der Waals surface area contributed by atoms with E-state index >= 15 is 0 Å². The molecule has 0 heterocycles. The molecular weight excluding hydrogens is 214 g/mol. The molecule has 2 bridgehead atoms. The molecule has 17 heavy (non-hydrogen) atoms. The Balaban J connectivity index is 2.01. The molecule has 0 aromatic heterocycles. The molecule has 90 valence electrons. The molecule has 3 nitrogen and oxygen atoms in total. The molecule has 1 saturated carbocycles. The molecule has 2 atom stereocenters. The Hall–Kier alpha value is -1.51. The van der Waals surface area contributed by atoms with Crippen LogP contribution in [0.25, 0.3) is 0 Å². The Morgan fingerprint density at radius 1 is 1.18 bits per heavy atom. The highest BCUT2D eigenvalue weighted by molar-refractivity contribution is 5.91. The number of methoxy groups -OCH3 is 1. The number of hydrogen-bond donors (Lipinski definition) is 1. The standard InChI is InChI=1S/C14H17NO2/c1-17-13-5-4-9-6-10-2-3-11(14(10)15-16)7-12(9)8-13/h4-5,8,10-11,16H,2-3,6-7H2,1H3. The summed E-state index contributed by atoms with van der Waals surface area (Å²) in [6, 6.07) is 6.31. The Morgan fingerprint density at radius 2 is 1.88 bits per heavy atom. The van der Waals surface area contributed by atoms with Gasteiger partial charge in [0.1, 0.15) is 5.75 Å². The Morgan fingerprint density at radius 3 is 2.53 bits per heavy atom. The molecule has 0 aliphatic heterocycles. The molecule has 1 fully saturated rings. The number of rotatable bonds is 1. The predicted octanol–water partition coefficient (Wildman–Crippen LogP) is 2.65. The minimum atomic E-state index is 0.429. The molecule has 2 aliphatic carbocycles. The summed E-state index contributed by atoms with van der Waals surface area (Å²) in [5.41, 5.74) is 3.76. The van der Waals surface area contributed by atoms with Crippen LogP contribution in [-0.4, -0.2) is 18.0 Å². The van der Waals surface area contributed by atoms with Crippen molar-refractivity contribution in [2.45, 2.75) is 25.7 Å². The predicted molar refractivity (Wildman–Crippen MR) is 65.8 cm³/mol. The molecular formula is C14H17NO2. The van der Waals surface area contributed by atoms with E-state index in [0.717, 1.165) is 37.1 Å². The summed E-state index contributed by atoms with van der Waals surface area (Å²) in [6.07, 6.45) is 4.31. The number of fused-ring (bicyclic) bond motifs is 3. The van der Waals surface area contributed by atoms with Crippen molar-refractivity contribution >= 4 is 5.71 Å². The second-order valence-corrected chi connectivity index (χ2v) is 5.04. The van der Waals surface area contributed by atoms with Crippen LogP contribution in [-0.2, 0) is 12.8 Å². The van der Waals surface area contributed by atoms with Crippen LogP contribution in [0.2, 0.25) is 0 Å². The maximum absolute atomic E-state index is 9.14. The summed E-state index contributed by atoms with van der Waals surface area (Å²) >= 11 is 0. The largest absolute Gasteiger partial charge is 0.497 e. The maximum Gasteiger partial charge on any atom is 0.119 e. The Kier molecular flexibility index (Phi) is 2.54. The molecule has 0 spiro atoms. The van der Waals surface area contributed by atoms with E-state index in [1.54, 1.807) is 7.11 Å². The van der Waals surface area contributed by atoms with Gasteiger partial charge >= 0.3 is 0 Å². The summed E-state index contributed by atoms with van der Waals surface area (Å²) in [4.78, 5) is 0. The van der Waals surface area contributed by atoms with Gasteiger partial charge in [0.15, 0.2) is 0 Å². The van der Waals surface area contributed by atoms with E-state index in [1.807, 2.05) is 6.07 Å². The summed E-state index contributed by atoms with van der Waals surface area (Å²) < 4.78 is 5.27. The second kappa shape index (κ2) is 4.06. The van der Waals surface area contributed by atoms with Crippen LogP contribution in [0.15, 0.2) is 23.4 Å². The van der Waals surface area contributed by atoms with Crippen LogP contribution in [0.4, 0.5) is 0 Å². The highest BCUT2D eigenvalue weighted by Gasteiger charge is 2.36. The summed E-state index contributed by atoms with van der Waals surface area (Å²) in [6.45, 7) is 0. The van der Waals surface area contributed by atoms with E-state index in [4.69, 9.17) is 9.94 Å². The van der Waals surface area contributed by atoms with E-state index in [1.165, 1.54) is 11.1 Å². The molecule has 1 aromatic carbocycles. The van der Waals surface area contributed by atoms with E-state index in [2.05, 4.69) is 17.3 Å². The molecule has 2 unspecified atom stereocenters. The third-order valence-corrected chi connectivity index (χ3v) is 4.16. The Bertz CT molecular complexity index is 467. The number of ether oxygens (including phenoxy) is 1. The summed E-state index contributed by atoms with van der Waals surface area (Å²) in [7, 11) is 1.70. The SMILES string of the molecule is COc1ccc2c(c1)CC1CCC(C2)C1=NO. The van der Waals surface area contributed by atoms with Crippen molar-refractivity contribution in [3.8, 4) is 5.75 Å². The van der Waals surface area contributed by atoms with Crippen LogP contribution < -0.4 is 4.74 Å². The van der Waals surface area contributed by atoms with Gasteiger partial charge in [-0.3, -0.25) is 0 Å². The van der Waals surface area contributed by atoms with Gasteiger partial charge in [-0.15, -0.1) is 0 Å². The highest BCUT2D eigenvalue weighted by Crippen LogP contribution is 2.38. The lowest BCUT2D eigenvalue weighted by atomic mass is 9.93. The fourth-order valence-electron chi connectivity index (χ4n) is 3.26. The van der Waals surface area contributed by atoms with E-state index in [-0.39, 0.29) is 0 Å². The molecule has 1 aromatic rings. The molecule has 0 amide bonds. The lowest BCUT2D eigenvalue weighted by Gasteiger charge is -2.13. The lowest BCUT2D eigenvalue weighted by Crippen LogP contribution is -2.14. The fraction of sp³-hybridized carbons (Fsp3) is 0.500. The smallest absolute Gasteiger partial charge is 0.119 e. The molecule has 1 N–H and O–H groups in total. The van der Waals surface area contributed by atoms with Gasteiger partial charge in [0.05, 0.1) is 12.8 Å². The van der Waals surface area contributed by atoms with Gasteiger partial charge in [0, 0.05) is 11.8 Å². The molecule has 3 rings (SSSR count). The van der Waals surface area contributed by atoms with Crippen molar-refractivity contribution in [3.63, 3.8) is 0 Å². The quantitative estimate of drug-likeness (QED) is 0.596. The minimum absolute atomic E-state index is 0.429. The maximum atomic E-state index is 9.14. The van der Waals surface area contributed by atoms with Gasteiger partial charge in [0.25, 0.3) is 0 Å². The first-order valence-corrected chi connectivity index (χ1v) is 6.19.